The molecular formula is C54H37N3O. The monoisotopic (exact) mass is 743 g/mol. The molecule has 58 heavy (non-hydrogen) atoms. The first kappa shape index (κ1) is 33.9. The normalized spacial score (nSPS) is 12.9. The molecule has 4 nitrogen and oxygen atoms in total. The molecule has 0 atom stereocenters. The van der Waals surface area contributed by atoms with Crippen LogP contribution >= 0.6 is 0 Å². The van der Waals surface area contributed by atoms with Gasteiger partial charge in [-0.2, -0.15) is 0 Å². The van der Waals surface area contributed by atoms with Gasteiger partial charge < -0.3 is 4.74 Å². The van der Waals surface area contributed by atoms with Crippen molar-refractivity contribution in [1.82, 2.24) is 15.0 Å². The lowest BCUT2D eigenvalue weighted by atomic mass is 9.66. The second kappa shape index (κ2) is 13.4. The van der Waals surface area contributed by atoms with Gasteiger partial charge in [-0.05, 0) is 89.2 Å². The average molecular weight is 744 g/mol. The summed E-state index contributed by atoms with van der Waals surface area (Å²) in [5.41, 5.74) is 18.2. The average Bonchev–Trinajstić information content (AvgIpc) is 3.56. The molecule has 0 N–H and O–H groups in total. The third kappa shape index (κ3) is 5.33. The molecule has 0 radical (unpaired) electrons. The van der Waals surface area contributed by atoms with Crippen LogP contribution in [0.15, 0.2) is 188 Å². The maximum absolute atomic E-state index is 6.56. The lowest BCUT2D eigenvalue weighted by Gasteiger charge is -2.39. The van der Waals surface area contributed by atoms with Crippen LogP contribution in [0.5, 0.6) is 11.5 Å². The zero-order chi connectivity index (χ0) is 38.8. The minimum absolute atomic E-state index is 0.513. The van der Waals surface area contributed by atoms with E-state index in [0.717, 1.165) is 84.3 Å². The Hall–Kier alpha value is -7.43. The Morgan fingerprint density at radius 1 is 0.362 bits per heavy atom. The molecule has 0 saturated carbocycles. The van der Waals surface area contributed by atoms with Crippen molar-refractivity contribution in [1.29, 1.82) is 0 Å². The summed E-state index contributed by atoms with van der Waals surface area (Å²) in [6.07, 6.45) is 0. The summed E-state index contributed by atoms with van der Waals surface area (Å²) in [4.78, 5) is 15.1. The van der Waals surface area contributed by atoms with Gasteiger partial charge in [-0.3, -0.25) is 4.98 Å². The maximum atomic E-state index is 6.56. The maximum Gasteiger partial charge on any atom is 0.160 e. The van der Waals surface area contributed by atoms with Crippen molar-refractivity contribution in [3.63, 3.8) is 0 Å². The number of fused-ring (bicyclic) bond motifs is 9. The van der Waals surface area contributed by atoms with Crippen LogP contribution in [0.4, 0.5) is 0 Å². The number of benzene rings is 7. The number of aromatic nitrogens is 3. The predicted molar refractivity (Wildman–Crippen MR) is 234 cm³/mol. The van der Waals surface area contributed by atoms with E-state index in [9.17, 15) is 0 Å². The number of pyridine rings is 1. The predicted octanol–water partition coefficient (Wildman–Crippen LogP) is 13.3. The number of nitrogens with zero attached hydrogens (tertiary/aromatic N) is 3. The Labute approximate surface area is 338 Å². The van der Waals surface area contributed by atoms with E-state index in [-0.39, 0.29) is 0 Å². The van der Waals surface area contributed by atoms with Gasteiger partial charge in [0.25, 0.3) is 0 Å². The summed E-state index contributed by atoms with van der Waals surface area (Å²) in [7, 11) is 0. The lowest BCUT2D eigenvalue weighted by Crippen LogP contribution is -2.32. The Bertz CT molecular complexity index is 3010. The van der Waals surface area contributed by atoms with Crippen molar-refractivity contribution in [2.45, 2.75) is 19.3 Å². The molecule has 0 bridgehead atoms. The van der Waals surface area contributed by atoms with Crippen LogP contribution in [0.2, 0.25) is 0 Å². The van der Waals surface area contributed by atoms with Crippen LogP contribution < -0.4 is 4.74 Å². The third-order valence-corrected chi connectivity index (χ3v) is 11.8. The molecule has 2 aliphatic rings. The molecule has 274 valence electrons. The fourth-order valence-electron chi connectivity index (χ4n) is 9.16. The number of rotatable bonds is 5. The summed E-state index contributed by atoms with van der Waals surface area (Å²) in [6, 6.07) is 66.7. The van der Waals surface area contributed by atoms with E-state index in [1.807, 2.05) is 13.0 Å². The van der Waals surface area contributed by atoms with Gasteiger partial charge in [0.1, 0.15) is 11.5 Å². The van der Waals surface area contributed by atoms with Gasteiger partial charge in [0.05, 0.1) is 16.8 Å². The van der Waals surface area contributed by atoms with Crippen molar-refractivity contribution in [2.75, 3.05) is 0 Å². The quantitative estimate of drug-likeness (QED) is 0.176. The standard InChI is InChI=1S/C54H37N3O/c1-34-23-29-42(35(2)55-34)40-15-12-16-41(31-40)50-33-49(37-13-4-3-5-14-37)56-53(57-50)38-26-24-36(25-27-38)39-28-30-44-43-17-6-7-18-45(43)54(48(44)32-39)46-19-8-10-21-51(46)58-52-22-11-9-20-47(52)54/h3-33H,1-2H3. The highest BCUT2D eigenvalue weighted by molar-refractivity contribution is 5.90. The molecule has 3 heterocycles. The topological polar surface area (TPSA) is 47.9 Å². The van der Waals surface area contributed by atoms with Crippen LogP contribution in [-0.4, -0.2) is 15.0 Å². The number of para-hydroxylation sites is 2. The molecule has 0 unspecified atom stereocenters. The largest absolute Gasteiger partial charge is 0.457 e. The zero-order valence-corrected chi connectivity index (χ0v) is 32.1. The van der Waals surface area contributed by atoms with E-state index >= 15 is 0 Å². The van der Waals surface area contributed by atoms with Crippen molar-refractivity contribution in [2.24, 2.45) is 0 Å². The smallest absolute Gasteiger partial charge is 0.160 e. The van der Waals surface area contributed by atoms with Crippen molar-refractivity contribution in [3.8, 4) is 78.8 Å². The minimum Gasteiger partial charge on any atom is -0.457 e. The van der Waals surface area contributed by atoms with Gasteiger partial charge in [-0.25, -0.2) is 9.97 Å². The minimum atomic E-state index is -0.513. The van der Waals surface area contributed by atoms with Crippen LogP contribution in [0.1, 0.15) is 33.6 Å². The van der Waals surface area contributed by atoms with Crippen molar-refractivity contribution in [3.05, 3.63) is 222 Å². The number of hydrogen-bond acceptors (Lipinski definition) is 4. The van der Waals surface area contributed by atoms with E-state index in [0.29, 0.717) is 5.82 Å². The summed E-state index contributed by atoms with van der Waals surface area (Å²) < 4.78 is 6.56. The van der Waals surface area contributed by atoms with E-state index in [1.165, 1.54) is 22.3 Å². The molecule has 2 aromatic heterocycles. The summed E-state index contributed by atoms with van der Waals surface area (Å²) in [5.74, 6) is 2.47. The van der Waals surface area contributed by atoms with Crippen molar-refractivity contribution < 1.29 is 4.74 Å². The van der Waals surface area contributed by atoms with Gasteiger partial charge in [0.15, 0.2) is 5.82 Å². The Balaban J connectivity index is 1.02. The van der Waals surface area contributed by atoms with E-state index in [2.05, 4.69) is 189 Å². The molecule has 4 heteroatoms. The van der Waals surface area contributed by atoms with E-state index in [4.69, 9.17) is 19.7 Å². The fourth-order valence-corrected chi connectivity index (χ4v) is 9.16. The third-order valence-electron chi connectivity index (χ3n) is 11.8. The van der Waals surface area contributed by atoms with E-state index < -0.39 is 5.41 Å². The van der Waals surface area contributed by atoms with Crippen LogP contribution in [0, 0.1) is 13.8 Å². The molecule has 0 fully saturated rings. The number of ether oxygens (including phenoxy) is 1. The first-order valence-corrected chi connectivity index (χ1v) is 19.8. The molecule has 0 amide bonds. The second-order valence-corrected chi connectivity index (χ2v) is 15.2. The molecular weight excluding hydrogens is 707 g/mol. The van der Waals surface area contributed by atoms with Gasteiger partial charge >= 0.3 is 0 Å². The fraction of sp³-hybridized carbons (Fsp3) is 0.0556. The molecule has 9 aromatic rings. The van der Waals surface area contributed by atoms with Gasteiger partial charge in [-0.15, -0.1) is 0 Å². The second-order valence-electron chi connectivity index (χ2n) is 15.2. The van der Waals surface area contributed by atoms with Crippen LogP contribution in [0.25, 0.3) is 67.3 Å². The Morgan fingerprint density at radius 2 is 0.931 bits per heavy atom. The molecule has 1 aliphatic carbocycles. The molecule has 0 saturated heterocycles. The van der Waals surface area contributed by atoms with Gasteiger partial charge in [-0.1, -0.05) is 152 Å². The highest BCUT2D eigenvalue weighted by atomic mass is 16.5. The van der Waals surface area contributed by atoms with Crippen molar-refractivity contribution >= 4 is 0 Å². The first-order chi connectivity index (χ1) is 28.5. The number of aryl methyl sites for hydroxylation is 2. The van der Waals surface area contributed by atoms with E-state index in [1.54, 1.807) is 0 Å². The highest BCUT2D eigenvalue weighted by Crippen LogP contribution is 2.62. The highest BCUT2D eigenvalue weighted by Gasteiger charge is 2.51. The first-order valence-electron chi connectivity index (χ1n) is 19.8. The van der Waals surface area contributed by atoms with Gasteiger partial charge in [0, 0.05) is 44.8 Å². The molecule has 11 rings (SSSR count). The molecule has 1 aliphatic heterocycles. The van der Waals surface area contributed by atoms with Crippen LogP contribution in [0.3, 0.4) is 0 Å². The molecule has 7 aromatic carbocycles. The molecule has 1 spiro atoms. The SMILES string of the molecule is Cc1ccc(-c2cccc(-c3cc(-c4ccccc4)nc(-c4ccc(-c5ccc6c(c5)C5(c7ccccc7Oc7ccccc75)c5ccccc5-6)cc4)n3)c2)c(C)n1. The van der Waals surface area contributed by atoms with Crippen LogP contribution in [-0.2, 0) is 5.41 Å². The summed E-state index contributed by atoms with van der Waals surface area (Å²) >= 11 is 0. The number of hydrogen-bond donors (Lipinski definition) is 0. The Kier molecular flexibility index (Phi) is 7.80. The summed E-state index contributed by atoms with van der Waals surface area (Å²) in [6.45, 7) is 4.09. The lowest BCUT2D eigenvalue weighted by molar-refractivity contribution is 0.436. The zero-order valence-electron chi connectivity index (χ0n) is 32.1. The Morgan fingerprint density at radius 3 is 1.67 bits per heavy atom. The van der Waals surface area contributed by atoms with Gasteiger partial charge in [0.2, 0.25) is 0 Å². The summed E-state index contributed by atoms with van der Waals surface area (Å²) in [5, 5.41) is 0.